The number of fused-ring (bicyclic) bond motifs is 1. The highest BCUT2D eigenvalue weighted by Gasteiger charge is 2.18. The maximum atomic E-state index is 13.4. The monoisotopic (exact) mass is 401 g/mol. The van der Waals surface area contributed by atoms with Crippen LogP contribution in [0.2, 0.25) is 0 Å². The average molecular weight is 401 g/mol. The fourth-order valence-corrected chi connectivity index (χ4v) is 3.32. The summed E-state index contributed by atoms with van der Waals surface area (Å²) in [6, 6.07) is 5.88. The molecule has 1 N–H and O–H groups in total. The van der Waals surface area contributed by atoms with E-state index in [-0.39, 0.29) is 5.56 Å². The Labute approximate surface area is 167 Å². The molecule has 0 atom stereocenters. The minimum Gasteiger partial charge on any atom is -0.354 e. The van der Waals surface area contributed by atoms with E-state index in [1.165, 1.54) is 18.0 Å². The van der Waals surface area contributed by atoms with E-state index >= 15 is 0 Å². The van der Waals surface area contributed by atoms with E-state index in [9.17, 15) is 4.79 Å². The highest BCUT2D eigenvalue weighted by molar-refractivity contribution is 7.98. The molecule has 148 valence electrons. The molecule has 9 heteroatoms. The third-order valence-electron chi connectivity index (χ3n) is 4.40. The van der Waals surface area contributed by atoms with Crippen LogP contribution >= 0.6 is 11.8 Å². The maximum Gasteiger partial charge on any atom is 0.270 e. The van der Waals surface area contributed by atoms with Crippen molar-refractivity contribution in [1.29, 1.82) is 0 Å². The van der Waals surface area contributed by atoms with Gasteiger partial charge >= 0.3 is 0 Å². The number of nitrogens with one attached hydrogen (secondary N) is 1. The fraction of sp³-hybridized carbons (Fsp3) is 0.368. The second-order valence-corrected chi connectivity index (χ2v) is 6.97. The summed E-state index contributed by atoms with van der Waals surface area (Å²) in [4.78, 5) is 26.6. The SMILES string of the molecule is COC(CNc1nc2nc(SC)ncc2c(=O)n1-c1c(C)cccc1C)OC. The lowest BCUT2D eigenvalue weighted by Crippen LogP contribution is -2.30. The summed E-state index contributed by atoms with van der Waals surface area (Å²) in [5, 5.41) is 4.09. The molecule has 0 amide bonds. The Morgan fingerprint density at radius 2 is 1.86 bits per heavy atom. The molecule has 0 aliphatic carbocycles. The molecule has 0 fully saturated rings. The summed E-state index contributed by atoms with van der Waals surface area (Å²) in [6.07, 6.45) is 2.93. The molecule has 2 aromatic heterocycles. The van der Waals surface area contributed by atoms with Crippen molar-refractivity contribution in [2.75, 3.05) is 32.3 Å². The number of para-hydroxylation sites is 1. The fourth-order valence-electron chi connectivity index (χ4n) is 2.98. The van der Waals surface area contributed by atoms with Gasteiger partial charge < -0.3 is 14.8 Å². The average Bonchev–Trinajstić information content (AvgIpc) is 2.70. The predicted octanol–water partition coefficient (Wildman–Crippen LogP) is 2.55. The lowest BCUT2D eigenvalue weighted by molar-refractivity contribution is -0.0915. The van der Waals surface area contributed by atoms with Crippen molar-refractivity contribution in [2.45, 2.75) is 25.3 Å². The first-order valence-electron chi connectivity index (χ1n) is 8.70. The second kappa shape index (κ2) is 8.68. The van der Waals surface area contributed by atoms with Crippen LogP contribution in [-0.4, -0.2) is 52.8 Å². The topological polar surface area (TPSA) is 91.2 Å². The van der Waals surface area contributed by atoms with Crippen LogP contribution < -0.4 is 10.9 Å². The molecule has 0 unspecified atom stereocenters. The van der Waals surface area contributed by atoms with Gasteiger partial charge in [-0.3, -0.25) is 4.79 Å². The first-order valence-corrected chi connectivity index (χ1v) is 9.92. The van der Waals surface area contributed by atoms with E-state index in [0.29, 0.717) is 28.7 Å². The third-order valence-corrected chi connectivity index (χ3v) is 4.96. The Kier molecular flexibility index (Phi) is 6.28. The Balaban J connectivity index is 2.25. The largest absolute Gasteiger partial charge is 0.354 e. The van der Waals surface area contributed by atoms with Crippen molar-refractivity contribution in [3.05, 3.63) is 45.9 Å². The van der Waals surface area contributed by atoms with Crippen LogP contribution in [0.1, 0.15) is 11.1 Å². The van der Waals surface area contributed by atoms with Crippen LogP contribution in [0.15, 0.2) is 34.3 Å². The number of methoxy groups -OCH3 is 2. The minimum atomic E-state index is -0.480. The Morgan fingerprint density at radius 3 is 2.46 bits per heavy atom. The van der Waals surface area contributed by atoms with Crippen LogP contribution in [0.5, 0.6) is 0 Å². The number of thioether (sulfide) groups is 1. The van der Waals surface area contributed by atoms with Gasteiger partial charge in [0, 0.05) is 20.4 Å². The molecule has 1 aromatic carbocycles. The number of ether oxygens (including phenoxy) is 2. The molecule has 28 heavy (non-hydrogen) atoms. The number of aryl methyl sites for hydroxylation is 2. The van der Waals surface area contributed by atoms with Gasteiger partial charge in [-0.1, -0.05) is 30.0 Å². The van der Waals surface area contributed by atoms with Gasteiger partial charge in [-0.2, -0.15) is 4.98 Å². The number of nitrogens with zero attached hydrogens (tertiary/aromatic N) is 4. The number of hydrogen-bond acceptors (Lipinski definition) is 8. The summed E-state index contributed by atoms with van der Waals surface area (Å²) in [7, 11) is 3.11. The normalized spacial score (nSPS) is 11.4. The van der Waals surface area contributed by atoms with Crippen molar-refractivity contribution in [1.82, 2.24) is 19.5 Å². The Hall–Kier alpha value is -2.49. The summed E-state index contributed by atoms with van der Waals surface area (Å²) < 4.78 is 12.0. The number of hydrogen-bond donors (Lipinski definition) is 1. The van der Waals surface area contributed by atoms with Crippen LogP contribution in [0.25, 0.3) is 16.7 Å². The van der Waals surface area contributed by atoms with Crippen molar-refractivity contribution in [2.24, 2.45) is 0 Å². The number of rotatable bonds is 7. The molecular formula is C19H23N5O3S. The van der Waals surface area contributed by atoms with Gasteiger partial charge in [-0.05, 0) is 31.2 Å². The molecule has 0 saturated heterocycles. The van der Waals surface area contributed by atoms with Gasteiger partial charge in [0.15, 0.2) is 17.1 Å². The number of aromatic nitrogens is 4. The smallest absolute Gasteiger partial charge is 0.270 e. The maximum absolute atomic E-state index is 13.4. The van der Waals surface area contributed by atoms with Gasteiger partial charge in [0.25, 0.3) is 5.56 Å². The van der Waals surface area contributed by atoms with Crippen molar-refractivity contribution >= 4 is 28.7 Å². The molecular weight excluding hydrogens is 378 g/mol. The standard InChI is InChI=1S/C19H23N5O3S/c1-11-7-6-8-12(2)15(11)24-17(25)13-9-21-19(28-5)23-16(13)22-18(24)20-10-14(26-3)27-4/h6-9,14H,10H2,1-5H3,(H,20,21,22,23). The molecule has 0 saturated carbocycles. The molecule has 0 aliphatic heterocycles. The first kappa shape index (κ1) is 20.2. The Morgan fingerprint density at radius 1 is 1.18 bits per heavy atom. The zero-order chi connectivity index (χ0) is 20.3. The number of anilines is 1. The molecule has 0 bridgehead atoms. The highest BCUT2D eigenvalue weighted by Crippen LogP contribution is 2.22. The second-order valence-electron chi connectivity index (χ2n) is 6.19. The molecule has 3 aromatic rings. The van der Waals surface area contributed by atoms with E-state index < -0.39 is 6.29 Å². The first-order chi connectivity index (χ1) is 13.5. The van der Waals surface area contributed by atoms with Crippen LogP contribution in [0, 0.1) is 13.8 Å². The van der Waals surface area contributed by atoms with E-state index in [0.717, 1.165) is 16.8 Å². The summed E-state index contributed by atoms with van der Waals surface area (Å²) in [6.45, 7) is 4.24. The van der Waals surface area contributed by atoms with Crippen LogP contribution in [0.4, 0.5) is 5.95 Å². The third kappa shape index (κ3) is 3.87. The number of benzene rings is 1. The summed E-state index contributed by atoms with van der Waals surface area (Å²) in [5.41, 5.74) is 2.82. The zero-order valence-corrected chi connectivity index (χ0v) is 17.3. The highest BCUT2D eigenvalue weighted by atomic mass is 32.2. The quantitative estimate of drug-likeness (QED) is 0.367. The molecule has 8 nitrogen and oxygen atoms in total. The van der Waals surface area contributed by atoms with Gasteiger partial charge in [-0.25, -0.2) is 14.5 Å². The van der Waals surface area contributed by atoms with Crippen molar-refractivity contribution in [3.63, 3.8) is 0 Å². The Bertz CT molecular complexity index is 1030. The van der Waals surface area contributed by atoms with Crippen molar-refractivity contribution < 1.29 is 9.47 Å². The van der Waals surface area contributed by atoms with E-state index in [4.69, 9.17) is 9.47 Å². The minimum absolute atomic E-state index is 0.232. The van der Waals surface area contributed by atoms with Gasteiger partial charge in [-0.15, -0.1) is 0 Å². The molecule has 0 aliphatic rings. The zero-order valence-electron chi connectivity index (χ0n) is 16.5. The van der Waals surface area contributed by atoms with Gasteiger partial charge in [0.1, 0.15) is 5.39 Å². The van der Waals surface area contributed by atoms with Crippen molar-refractivity contribution in [3.8, 4) is 5.69 Å². The summed E-state index contributed by atoms with van der Waals surface area (Å²) >= 11 is 1.39. The van der Waals surface area contributed by atoms with Gasteiger partial charge in [0.2, 0.25) is 5.95 Å². The summed E-state index contributed by atoms with van der Waals surface area (Å²) in [5.74, 6) is 0.375. The molecule has 0 radical (unpaired) electrons. The van der Waals surface area contributed by atoms with E-state index in [1.54, 1.807) is 18.8 Å². The van der Waals surface area contributed by atoms with E-state index in [1.807, 2.05) is 38.3 Å². The molecule has 2 heterocycles. The predicted molar refractivity (Wildman–Crippen MR) is 110 cm³/mol. The van der Waals surface area contributed by atoms with Gasteiger partial charge in [0.05, 0.1) is 12.2 Å². The molecule has 0 spiro atoms. The lowest BCUT2D eigenvalue weighted by atomic mass is 10.1. The lowest BCUT2D eigenvalue weighted by Gasteiger charge is -2.20. The van der Waals surface area contributed by atoms with E-state index in [2.05, 4.69) is 20.3 Å². The molecule has 3 rings (SSSR count). The van der Waals surface area contributed by atoms with Crippen LogP contribution in [0.3, 0.4) is 0 Å². The van der Waals surface area contributed by atoms with Crippen LogP contribution in [-0.2, 0) is 9.47 Å².